The molecule has 1 amide bonds. The number of oxime groups is 1. The Morgan fingerprint density at radius 2 is 2.07 bits per heavy atom. The Balaban J connectivity index is 1.39. The van der Waals surface area contributed by atoms with Crippen LogP contribution >= 0.6 is 56.5 Å². The average molecular weight is 805 g/mol. The first kappa shape index (κ1) is 31.1. The molecule has 0 bridgehead atoms. The fourth-order valence-corrected chi connectivity index (χ4v) is 10.5. The molecule has 222 valence electrons. The van der Waals surface area contributed by atoms with Crippen LogP contribution in [0.25, 0.3) is 0 Å². The molecule has 41 heavy (non-hydrogen) atoms. The van der Waals surface area contributed by atoms with Crippen LogP contribution in [0.1, 0.15) is 67.4 Å². The minimum atomic E-state index is -0.235. The lowest BCUT2D eigenvalue weighted by atomic mass is 9.54. The summed E-state index contributed by atoms with van der Waals surface area (Å²) in [6.45, 7) is 4.62. The van der Waals surface area contributed by atoms with Crippen molar-refractivity contribution in [3.05, 3.63) is 35.4 Å². The van der Waals surface area contributed by atoms with Gasteiger partial charge < -0.3 is 14.9 Å². The van der Waals surface area contributed by atoms with Crippen molar-refractivity contribution in [1.82, 2.24) is 9.88 Å². The second kappa shape index (κ2) is 12.7. The van der Waals surface area contributed by atoms with E-state index >= 15 is 0 Å². The largest absolute Gasteiger partial charge is 0.423 e. The zero-order valence-electron chi connectivity index (χ0n) is 24.3. The molecule has 1 aromatic carbocycles. The SMILES string of the molecule is CON=C1C[C@@H](CCC(=O)Nc2ncc(C)s2)C2C3CCc4c(cc(I)c(OC(=O)CN(C)C)c4I)C3CC[C@]12C. The summed E-state index contributed by atoms with van der Waals surface area (Å²) in [5.41, 5.74) is 3.88. The predicted octanol–water partition coefficient (Wildman–Crippen LogP) is 6.63. The van der Waals surface area contributed by atoms with Gasteiger partial charge in [0.2, 0.25) is 5.91 Å². The van der Waals surface area contributed by atoms with Crippen molar-refractivity contribution in [2.75, 3.05) is 33.1 Å². The molecule has 0 spiro atoms. The summed E-state index contributed by atoms with van der Waals surface area (Å²) in [4.78, 5) is 37.9. The number of nitrogens with zero attached hydrogens (tertiary/aromatic N) is 3. The molecule has 0 aliphatic heterocycles. The normalized spacial score (nSPS) is 27.8. The van der Waals surface area contributed by atoms with E-state index in [4.69, 9.17) is 9.57 Å². The zero-order chi connectivity index (χ0) is 29.5. The Kier molecular flexibility index (Phi) is 9.66. The molecule has 1 heterocycles. The maximum absolute atomic E-state index is 12.9. The van der Waals surface area contributed by atoms with Crippen molar-refractivity contribution in [3.8, 4) is 5.75 Å². The van der Waals surface area contributed by atoms with Gasteiger partial charge in [0.15, 0.2) is 10.9 Å². The van der Waals surface area contributed by atoms with Gasteiger partial charge in [-0.05, 0) is 146 Å². The number of esters is 1. The molecule has 3 aliphatic rings. The third kappa shape index (κ3) is 6.33. The van der Waals surface area contributed by atoms with Gasteiger partial charge in [-0.1, -0.05) is 12.1 Å². The van der Waals surface area contributed by atoms with Crippen LogP contribution in [-0.4, -0.2) is 55.2 Å². The molecule has 11 heteroatoms. The Morgan fingerprint density at radius 3 is 2.76 bits per heavy atom. The minimum Gasteiger partial charge on any atom is -0.423 e. The van der Waals surface area contributed by atoms with Crippen molar-refractivity contribution >= 4 is 79.2 Å². The minimum absolute atomic E-state index is 0.0236. The lowest BCUT2D eigenvalue weighted by Gasteiger charge is -2.50. The number of ether oxygens (including phenoxy) is 1. The second-order valence-electron chi connectivity index (χ2n) is 12.1. The van der Waals surface area contributed by atoms with Gasteiger partial charge in [-0.2, -0.15) is 0 Å². The Bertz CT molecular complexity index is 1360. The van der Waals surface area contributed by atoms with E-state index in [0.717, 1.165) is 56.3 Å². The van der Waals surface area contributed by atoms with Crippen LogP contribution < -0.4 is 10.1 Å². The number of hydrogen-bond acceptors (Lipinski definition) is 8. The van der Waals surface area contributed by atoms with Crippen LogP contribution in [0.4, 0.5) is 5.13 Å². The number of anilines is 1. The third-order valence-electron chi connectivity index (χ3n) is 9.22. The molecule has 2 fully saturated rings. The molecule has 3 unspecified atom stereocenters. The first-order valence-electron chi connectivity index (χ1n) is 14.2. The van der Waals surface area contributed by atoms with E-state index in [0.29, 0.717) is 41.0 Å². The van der Waals surface area contributed by atoms with E-state index in [1.165, 1.54) is 22.5 Å². The highest BCUT2D eigenvalue weighted by atomic mass is 127. The highest BCUT2D eigenvalue weighted by molar-refractivity contribution is 14.1. The van der Waals surface area contributed by atoms with Crippen LogP contribution in [0.3, 0.4) is 0 Å². The van der Waals surface area contributed by atoms with E-state index in [1.54, 1.807) is 13.3 Å². The lowest BCUT2D eigenvalue weighted by Crippen LogP contribution is -2.44. The van der Waals surface area contributed by atoms with Gasteiger partial charge >= 0.3 is 5.97 Å². The van der Waals surface area contributed by atoms with E-state index < -0.39 is 0 Å². The van der Waals surface area contributed by atoms with Crippen LogP contribution in [0.15, 0.2) is 17.4 Å². The molecule has 5 rings (SSSR count). The highest BCUT2D eigenvalue weighted by Gasteiger charge is 2.58. The number of aryl methyl sites for hydroxylation is 1. The van der Waals surface area contributed by atoms with Crippen LogP contribution in [0, 0.1) is 37.2 Å². The number of aromatic nitrogens is 1. The standard InChI is InChI=1S/C30H38I2N4O4S/c1-16-14-33-29(41-16)34-24(37)9-6-17-12-23(35-39-5)30(2)11-10-18-19(26(17)30)7-8-20-21(18)13-22(31)28(27(20)32)40-25(38)15-36(3)4/h13-14,17-19,26H,6-12,15H2,1-5H3,(H,33,34,37)/t17-,18?,19?,26?,30-/m1/s1. The summed E-state index contributed by atoms with van der Waals surface area (Å²) in [6.07, 6.45) is 8.16. The fraction of sp³-hybridized carbons (Fsp3) is 0.600. The molecule has 5 atom stereocenters. The van der Waals surface area contributed by atoms with Crippen molar-refractivity contribution in [2.24, 2.45) is 28.3 Å². The van der Waals surface area contributed by atoms with E-state index in [2.05, 4.69) is 73.6 Å². The maximum atomic E-state index is 12.9. The molecule has 8 nitrogen and oxygen atoms in total. The van der Waals surface area contributed by atoms with Crippen LogP contribution in [0.2, 0.25) is 0 Å². The second-order valence-corrected chi connectivity index (χ2v) is 15.6. The molecule has 1 aromatic heterocycles. The summed E-state index contributed by atoms with van der Waals surface area (Å²) in [7, 11) is 5.38. The van der Waals surface area contributed by atoms with Gasteiger partial charge in [-0.15, -0.1) is 11.3 Å². The van der Waals surface area contributed by atoms with E-state index in [-0.39, 0.29) is 23.8 Å². The first-order valence-corrected chi connectivity index (χ1v) is 17.2. The summed E-state index contributed by atoms with van der Waals surface area (Å²) in [5, 5.41) is 8.21. The van der Waals surface area contributed by atoms with Crippen molar-refractivity contribution in [2.45, 2.75) is 64.7 Å². The van der Waals surface area contributed by atoms with Crippen molar-refractivity contribution < 1.29 is 19.2 Å². The number of thiazole rings is 1. The van der Waals surface area contributed by atoms with Gasteiger partial charge in [-0.25, -0.2) is 4.98 Å². The van der Waals surface area contributed by atoms with Gasteiger partial charge in [0, 0.05) is 22.9 Å². The Labute approximate surface area is 273 Å². The summed E-state index contributed by atoms with van der Waals surface area (Å²) in [5.74, 6) is 2.25. The topological polar surface area (TPSA) is 93.1 Å². The fourth-order valence-electron chi connectivity index (χ4n) is 7.64. The number of hydrogen-bond donors (Lipinski definition) is 1. The number of fused-ring (bicyclic) bond motifs is 5. The smallest absolute Gasteiger partial charge is 0.325 e. The number of halogens is 2. The third-order valence-corrected chi connectivity index (χ3v) is 12.0. The number of benzene rings is 1. The molecular formula is C30H38I2N4O4S. The highest BCUT2D eigenvalue weighted by Crippen LogP contribution is 2.63. The Hall–Kier alpha value is -1.32. The number of rotatable bonds is 8. The monoisotopic (exact) mass is 804 g/mol. The molecule has 2 saturated carbocycles. The van der Waals surface area contributed by atoms with Gasteiger partial charge in [0.1, 0.15) is 7.11 Å². The average Bonchev–Trinajstić information content (AvgIpc) is 3.44. The van der Waals surface area contributed by atoms with Crippen LogP contribution in [-0.2, 0) is 20.8 Å². The lowest BCUT2D eigenvalue weighted by molar-refractivity contribution is -0.135. The van der Waals surface area contributed by atoms with Gasteiger partial charge in [-0.3, -0.25) is 14.5 Å². The van der Waals surface area contributed by atoms with E-state index in [1.807, 2.05) is 25.9 Å². The molecule has 2 aromatic rings. The summed E-state index contributed by atoms with van der Waals surface area (Å²) in [6, 6.07) is 2.27. The number of carbonyl (C=O) groups is 2. The first-order chi connectivity index (χ1) is 19.5. The quantitative estimate of drug-likeness (QED) is 0.140. The number of carbonyl (C=O) groups excluding carboxylic acids is 2. The molecule has 3 aliphatic carbocycles. The van der Waals surface area contributed by atoms with Gasteiger partial charge in [0.25, 0.3) is 0 Å². The molecule has 0 saturated heterocycles. The zero-order valence-corrected chi connectivity index (χ0v) is 29.4. The van der Waals surface area contributed by atoms with E-state index in [9.17, 15) is 9.59 Å². The van der Waals surface area contributed by atoms with Crippen molar-refractivity contribution in [3.63, 3.8) is 0 Å². The summed E-state index contributed by atoms with van der Waals surface area (Å²) < 4.78 is 7.93. The molecular weight excluding hydrogens is 766 g/mol. The Morgan fingerprint density at radius 1 is 1.29 bits per heavy atom. The van der Waals surface area contributed by atoms with Gasteiger partial charge in [0.05, 0.1) is 19.4 Å². The van der Waals surface area contributed by atoms with Crippen LogP contribution in [0.5, 0.6) is 5.75 Å². The predicted molar refractivity (Wildman–Crippen MR) is 179 cm³/mol. The molecule has 0 radical (unpaired) electrons. The van der Waals surface area contributed by atoms with Crippen molar-refractivity contribution in [1.29, 1.82) is 0 Å². The summed E-state index contributed by atoms with van der Waals surface area (Å²) >= 11 is 6.21. The number of likely N-dealkylation sites (N-methyl/N-ethyl adjacent to an activating group) is 1. The molecule has 1 N–H and O–H groups in total. The number of nitrogens with one attached hydrogen (secondary N) is 1. The number of amides is 1. The maximum Gasteiger partial charge on any atom is 0.325 e.